The molecule has 0 spiro atoms. The highest BCUT2D eigenvalue weighted by atomic mass is 19.4. The van der Waals surface area contributed by atoms with Gasteiger partial charge in [0.2, 0.25) is 11.6 Å². The van der Waals surface area contributed by atoms with Gasteiger partial charge in [-0.05, 0) is 74.6 Å². The summed E-state index contributed by atoms with van der Waals surface area (Å²) in [5.41, 5.74) is 1.18. The maximum absolute atomic E-state index is 13.6. The molecule has 0 aliphatic heterocycles. The van der Waals surface area contributed by atoms with Gasteiger partial charge in [0.1, 0.15) is 6.04 Å². The Bertz CT molecular complexity index is 1230. The molecule has 164 valence electrons. The molecule has 0 aliphatic carbocycles. The number of nitrogens with zero attached hydrogens (tertiary/aromatic N) is 2. The fraction of sp³-hybridized carbons (Fsp3) is 0.348. The van der Waals surface area contributed by atoms with Gasteiger partial charge in [-0.25, -0.2) is 4.98 Å². The standard InChI is InChI=1S/C23H24F3N3O2/c1-6-18(21(30)28-16-9-12(2)7-8-13(16)3)29-19-11-15(5)14(4)10-17(19)27-20(22(29)31)23(24,25)26/h7-11,18H,6H2,1-5H3,(H,28,30). The van der Waals surface area contributed by atoms with Crippen molar-refractivity contribution < 1.29 is 18.0 Å². The van der Waals surface area contributed by atoms with Crippen molar-refractivity contribution in [2.75, 3.05) is 5.32 Å². The minimum absolute atomic E-state index is 0.0213. The van der Waals surface area contributed by atoms with E-state index in [1.807, 2.05) is 26.0 Å². The molecule has 0 fully saturated rings. The number of aryl methyl sites for hydroxylation is 4. The van der Waals surface area contributed by atoms with Crippen LogP contribution >= 0.6 is 0 Å². The third kappa shape index (κ3) is 4.33. The predicted molar refractivity (Wildman–Crippen MR) is 114 cm³/mol. The highest BCUT2D eigenvalue weighted by Crippen LogP contribution is 2.29. The second-order valence-corrected chi connectivity index (χ2v) is 7.79. The van der Waals surface area contributed by atoms with Gasteiger partial charge in [0.05, 0.1) is 11.0 Å². The lowest BCUT2D eigenvalue weighted by atomic mass is 10.1. The van der Waals surface area contributed by atoms with Gasteiger partial charge < -0.3 is 5.32 Å². The van der Waals surface area contributed by atoms with E-state index in [2.05, 4.69) is 10.3 Å². The van der Waals surface area contributed by atoms with Gasteiger partial charge in [0.25, 0.3) is 5.56 Å². The Balaban J connectivity index is 2.23. The maximum Gasteiger partial charge on any atom is 0.438 e. The molecule has 1 aromatic heterocycles. The number of alkyl halides is 3. The van der Waals surface area contributed by atoms with Crippen LogP contribution in [0.5, 0.6) is 0 Å². The largest absolute Gasteiger partial charge is 0.438 e. The number of rotatable bonds is 4. The molecule has 0 saturated heterocycles. The highest BCUT2D eigenvalue weighted by molar-refractivity contribution is 5.95. The Labute approximate surface area is 177 Å². The van der Waals surface area contributed by atoms with E-state index in [4.69, 9.17) is 0 Å². The first-order valence-corrected chi connectivity index (χ1v) is 9.92. The molecule has 1 N–H and O–H groups in total. The fourth-order valence-electron chi connectivity index (χ4n) is 3.53. The first-order valence-electron chi connectivity index (χ1n) is 9.92. The maximum atomic E-state index is 13.6. The van der Waals surface area contributed by atoms with Gasteiger partial charge in [0, 0.05) is 5.69 Å². The number of benzene rings is 2. The summed E-state index contributed by atoms with van der Waals surface area (Å²) >= 11 is 0. The monoisotopic (exact) mass is 431 g/mol. The van der Waals surface area contributed by atoms with Gasteiger partial charge >= 0.3 is 6.18 Å². The van der Waals surface area contributed by atoms with Crippen LogP contribution in [-0.2, 0) is 11.0 Å². The number of hydrogen-bond donors (Lipinski definition) is 1. The Hall–Kier alpha value is -3.16. The Morgan fingerprint density at radius 1 is 1.06 bits per heavy atom. The van der Waals surface area contributed by atoms with Crippen LogP contribution in [0, 0.1) is 27.7 Å². The van der Waals surface area contributed by atoms with E-state index >= 15 is 0 Å². The molecule has 0 saturated carbocycles. The summed E-state index contributed by atoms with van der Waals surface area (Å²) in [6, 6.07) is 7.49. The predicted octanol–water partition coefficient (Wildman–Crippen LogP) is 5.24. The lowest BCUT2D eigenvalue weighted by molar-refractivity contribution is -0.142. The zero-order valence-electron chi connectivity index (χ0n) is 18.0. The molecule has 31 heavy (non-hydrogen) atoms. The topological polar surface area (TPSA) is 64.0 Å². The summed E-state index contributed by atoms with van der Waals surface area (Å²) in [6.45, 7) is 8.88. The molecule has 0 radical (unpaired) electrons. The lowest BCUT2D eigenvalue weighted by Crippen LogP contribution is -2.37. The molecule has 2 aromatic carbocycles. The number of carbonyl (C=O) groups excluding carboxylic acids is 1. The van der Waals surface area contributed by atoms with Crippen molar-refractivity contribution >= 4 is 22.6 Å². The zero-order valence-corrected chi connectivity index (χ0v) is 18.0. The van der Waals surface area contributed by atoms with E-state index in [1.165, 1.54) is 6.07 Å². The van der Waals surface area contributed by atoms with E-state index in [9.17, 15) is 22.8 Å². The van der Waals surface area contributed by atoms with E-state index in [0.717, 1.165) is 26.8 Å². The van der Waals surface area contributed by atoms with Crippen LogP contribution in [0.1, 0.15) is 47.3 Å². The smallest absolute Gasteiger partial charge is 0.324 e. The minimum Gasteiger partial charge on any atom is -0.324 e. The molecular formula is C23H24F3N3O2. The van der Waals surface area contributed by atoms with Crippen molar-refractivity contribution in [3.05, 3.63) is 68.6 Å². The number of aromatic nitrogens is 2. The quantitative estimate of drug-likeness (QED) is 0.615. The van der Waals surface area contributed by atoms with Gasteiger partial charge in [-0.1, -0.05) is 19.1 Å². The summed E-state index contributed by atoms with van der Waals surface area (Å²) in [4.78, 5) is 29.7. The fourth-order valence-corrected chi connectivity index (χ4v) is 3.53. The molecule has 3 rings (SSSR count). The number of carbonyl (C=O) groups is 1. The average Bonchev–Trinajstić information content (AvgIpc) is 2.67. The first-order chi connectivity index (χ1) is 14.4. The molecule has 5 nitrogen and oxygen atoms in total. The Kier molecular flexibility index (Phi) is 5.93. The third-order valence-electron chi connectivity index (χ3n) is 5.42. The molecule has 8 heteroatoms. The van der Waals surface area contributed by atoms with Crippen LogP contribution < -0.4 is 10.9 Å². The second kappa shape index (κ2) is 8.17. The van der Waals surface area contributed by atoms with Crippen LogP contribution in [0.3, 0.4) is 0 Å². The second-order valence-electron chi connectivity index (χ2n) is 7.79. The highest BCUT2D eigenvalue weighted by Gasteiger charge is 2.38. The van der Waals surface area contributed by atoms with E-state index in [-0.39, 0.29) is 17.5 Å². The summed E-state index contributed by atoms with van der Waals surface area (Å²) in [5, 5.41) is 2.78. The molecule has 0 bridgehead atoms. The molecular weight excluding hydrogens is 407 g/mol. The van der Waals surface area contributed by atoms with Crippen molar-refractivity contribution in [1.29, 1.82) is 0 Å². The summed E-state index contributed by atoms with van der Waals surface area (Å²) in [6.07, 6.45) is -4.81. The Morgan fingerprint density at radius 3 is 2.32 bits per heavy atom. The number of anilines is 1. The van der Waals surface area contributed by atoms with Crippen LogP contribution in [0.2, 0.25) is 0 Å². The van der Waals surface area contributed by atoms with Crippen LogP contribution in [0.15, 0.2) is 35.1 Å². The number of fused-ring (bicyclic) bond motifs is 1. The summed E-state index contributed by atoms with van der Waals surface area (Å²) < 4.78 is 41.6. The van der Waals surface area contributed by atoms with Gasteiger partial charge in [-0.2, -0.15) is 13.2 Å². The third-order valence-corrected chi connectivity index (χ3v) is 5.42. The van der Waals surface area contributed by atoms with Crippen molar-refractivity contribution in [1.82, 2.24) is 9.55 Å². The molecule has 0 aliphatic rings. The number of hydrogen-bond acceptors (Lipinski definition) is 3. The van der Waals surface area contributed by atoms with Crippen LogP contribution in [0.25, 0.3) is 11.0 Å². The normalized spacial score (nSPS) is 12.8. The minimum atomic E-state index is -4.94. The molecule has 1 amide bonds. The molecule has 1 unspecified atom stereocenters. The van der Waals surface area contributed by atoms with Gasteiger partial charge in [-0.3, -0.25) is 14.2 Å². The first kappa shape index (κ1) is 22.5. The van der Waals surface area contributed by atoms with Gasteiger partial charge in [0.15, 0.2) is 0 Å². The van der Waals surface area contributed by atoms with Crippen LogP contribution in [-0.4, -0.2) is 15.5 Å². The molecule has 1 heterocycles. The SMILES string of the molecule is CCC(C(=O)Nc1cc(C)ccc1C)n1c(=O)c(C(F)(F)F)nc2cc(C)c(C)cc21. The molecule has 1 atom stereocenters. The van der Waals surface area contributed by atoms with Gasteiger partial charge in [-0.15, -0.1) is 0 Å². The average molecular weight is 431 g/mol. The van der Waals surface area contributed by atoms with E-state index in [0.29, 0.717) is 5.69 Å². The molecule has 3 aromatic rings. The number of nitrogens with one attached hydrogen (secondary N) is 1. The zero-order chi connectivity index (χ0) is 23.1. The van der Waals surface area contributed by atoms with Crippen molar-refractivity contribution in [2.24, 2.45) is 0 Å². The Morgan fingerprint density at radius 2 is 1.71 bits per heavy atom. The number of halogens is 3. The van der Waals surface area contributed by atoms with Crippen molar-refractivity contribution in [2.45, 2.75) is 53.3 Å². The summed E-state index contributed by atoms with van der Waals surface area (Å²) in [7, 11) is 0. The van der Waals surface area contributed by atoms with Crippen molar-refractivity contribution in [3.63, 3.8) is 0 Å². The van der Waals surface area contributed by atoms with E-state index < -0.39 is 29.4 Å². The van der Waals surface area contributed by atoms with E-state index in [1.54, 1.807) is 32.9 Å². The summed E-state index contributed by atoms with van der Waals surface area (Å²) in [5.74, 6) is -0.558. The van der Waals surface area contributed by atoms with Crippen LogP contribution in [0.4, 0.5) is 18.9 Å². The lowest BCUT2D eigenvalue weighted by Gasteiger charge is -2.22. The van der Waals surface area contributed by atoms with Crippen molar-refractivity contribution in [3.8, 4) is 0 Å². The number of amides is 1.